The molecule has 0 bridgehead atoms. The second-order valence-electron chi connectivity index (χ2n) is 36.7. The lowest BCUT2D eigenvalue weighted by molar-refractivity contribution is -0.139. The normalized spacial score (nSPS) is 17.5. The van der Waals surface area contributed by atoms with Gasteiger partial charge in [-0.2, -0.15) is 66.7 Å². The third-order valence-corrected chi connectivity index (χ3v) is 27.1. The molecular weight excluding hydrogens is 1860 g/mol. The third kappa shape index (κ3) is 24.6. The monoisotopic (exact) mass is 1970 g/mol. The van der Waals surface area contributed by atoms with E-state index in [1.165, 1.54) is 84.9 Å². The highest BCUT2D eigenvalue weighted by Gasteiger charge is 2.57. The van der Waals surface area contributed by atoms with Crippen molar-refractivity contribution in [3.8, 4) is 0 Å². The molecule has 12 heterocycles. The van der Waals surface area contributed by atoms with Gasteiger partial charge in [0.05, 0.1) is 41.1 Å². The van der Waals surface area contributed by atoms with Gasteiger partial charge in [-0.15, -0.1) is 0 Å². The Labute approximate surface area is 806 Å². The van der Waals surface area contributed by atoms with Crippen molar-refractivity contribution in [1.29, 1.82) is 0 Å². The number of likely N-dealkylation sites (tertiary alicyclic amines) is 3. The number of likely N-dealkylation sites (N-methyl/N-ethyl adjacent to an activating group) is 1. The highest BCUT2D eigenvalue weighted by Crippen LogP contribution is 2.51. The molecule has 732 valence electrons. The second-order valence-corrected chi connectivity index (χ2v) is 37.9. The first-order valence-electron chi connectivity index (χ1n) is 46.1. The van der Waals surface area contributed by atoms with E-state index in [0.29, 0.717) is 120 Å². The Morgan fingerprint density at radius 2 is 0.775 bits per heavy atom. The van der Waals surface area contributed by atoms with Crippen LogP contribution in [0, 0.1) is 79.9 Å². The highest BCUT2D eigenvalue weighted by atomic mass is 35.5. The molecule has 1 atom stereocenters. The molecule has 14 N–H and O–H groups in total. The molecule has 1 amide bonds. The molecule has 4 saturated heterocycles. The summed E-state index contributed by atoms with van der Waals surface area (Å²) in [5.74, 6) is -0.268. The van der Waals surface area contributed by atoms with Crippen LogP contribution in [-0.2, 0) is 17.1 Å². The maximum absolute atomic E-state index is 15.1. The van der Waals surface area contributed by atoms with Gasteiger partial charge in [0.2, 0.25) is 29.7 Å². The zero-order chi connectivity index (χ0) is 97.8. The number of carbonyl (C=O) groups excluding carboxylic acids is 1. The molecule has 3 saturated carbocycles. The third-order valence-electron chi connectivity index (χ3n) is 26.3. The Morgan fingerprint density at radius 3 is 1.16 bits per heavy atom. The number of amides is 1. The van der Waals surface area contributed by atoms with Gasteiger partial charge < -0.3 is 67.9 Å². The fourth-order valence-corrected chi connectivity index (χ4v) is 18.7. The molecule has 19 rings (SSSR count). The summed E-state index contributed by atoms with van der Waals surface area (Å²) in [5.41, 5.74) is 12.0. The number of aromatic amines is 4. The van der Waals surface area contributed by atoms with Crippen LogP contribution in [0.1, 0.15) is 191 Å². The summed E-state index contributed by atoms with van der Waals surface area (Å²) in [6, 6.07) is 21.6. The minimum absolute atomic E-state index is 0.0287. The molecule has 8 aromatic heterocycles. The smallest absolute Gasteiger partial charge is 0.341 e. The summed E-state index contributed by atoms with van der Waals surface area (Å²) in [6.45, 7) is 24.8. The summed E-state index contributed by atoms with van der Waals surface area (Å²) in [6.07, 6.45) is 7.33. The van der Waals surface area contributed by atoms with Gasteiger partial charge in [0.1, 0.15) is 38.1 Å². The average Bonchev–Trinajstić information content (AvgIpc) is 1.57. The average molecular weight is 1970 g/mol. The van der Waals surface area contributed by atoms with Crippen molar-refractivity contribution in [1.82, 2.24) is 106 Å². The Kier molecular flexibility index (Phi) is 30.1. The lowest BCUT2D eigenvalue weighted by atomic mass is 9.85. The number of nitrogens with zero attached hydrogens (tertiary/aromatic N) is 15. The summed E-state index contributed by atoms with van der Waals surface area (Å²) in [5, 5.41) is 58.4. The number of anilines is 16. The quantitative estimate of drug-likeness (QED) is 0.0236. The Morgan fingerprint density at radius 1 is 0.420 bits per heavy atom. The predicted octanol–water partition coefficient (Wildman–Crippen LogP) is 21.9. The van der Waals surface area contributed by atoms with Crippen LogP contribution in [0.25, 0.3) is 0 Å². The summed E-state index contributed by atoms with van der Waals surface area (Å²) < 4.78 is 138. The van der Waals surface area contributed by atoms with E-state index in [0.717, 1.165) is 115 Å². The number of benzene rings is 4. The molecular formula is C95H110Cl3F10N29O. The van der Waals surface area contributed by atoms with Crippen LogP contribution in [0.15, 0.2) is 97.6 Å². The maximum Gasteiger partial charge on any atom is 0.421 e. The van der Waals surface area contributed by atoms with Gasteiger partial charge in [-0.05, 0) is 296 Å². The number of aryl methyl sites for hydroxylation is 9. The number of rotatable bonds is 25. The van der Waals surface area contributed by atoms with E-state index in [9.17, 15) is 44.3 Å². The number of hydrogen-bond acceptors (Lipinski definition) is 25. The second kappa shape index (κ2) is 41.9. The zero-order valence-corrected chi connectivity index (χ0v) is 80.1. The SMILES string of the molecule is CNC1(C(=O)N2CCC(c3cc(C)c(Nc4ncc(Cl)c(Nc5cc(C)[nH]n5)n4)cc3C)CC2)CC1.Cc1cc(Nc2nc(Nc3cc(C(F)(F)F)c(C4CCNCC4)cc3F)ncc2Cl)n[nH]1.Cc1cc(Nc2nc(Nc3cc(C)c(C4CCN(C5CC5)CC4)cc3C)ncc2Cl)n[nH]1.Cc1cc(Nc2nc(Nc3cc(C)c(C4CCN(CC5CC5(F)F)CC4)cc3F)ncc2C(F)(F)F)n[nH]1. The molecule has 0 radical (unpaired) electrons. The lowest BCUT2D eigenvalue weighted by Gasteiger charge is -2.35. The van der Waals surface area contributed by atoms with E-state index in [-0.39, 0.29) is 75.2 Å². The number of piperidine rings is 4. The van der Waals surface area contributed by atoms with Crippen LogP contribution >= 0.6 is 34.8 Å². The minimum atomic E-state index is -4.72. The molecule has 4 aromatic carbocycles. The number of alkyl halides is 8. The van der Waals surface area contributed by atoms with Gasteiger partial charge in [-0.25, -0.2) is 37.5 Å². The minimum Gasteiger partial charge on any atom is -0.341 e. The van der Waals surface area contributed by atoms with Crippen LogP contribution in [0.5, 0.6) is 0 Å². The molecule has 7 fully saturated rings. The van der Waals surface area contributed by atoms with Gasteiger partial charge in [-0.3, -0.25) is 25.2 Å². The van der Waals surface area contributed by atoms with Crippen LogP contribution < -0.4 is 53.2 Å². The van der Waals surface area contributed by atoms with E-state index in [2.05, 4.69) is 191 Å². The largest absolute Gasteiger partial charge is 0.421 e. The van der Waals surface area contributed by atoms with Gasteiger partial charge in [0, 0.05) is 103 Å². The molecule has 30 nitrogen and oxygen atoms in total. The van der Waals surface area contributed by atoms with Crippen molar-refractivity contribution in [2.45, 2.75) is 199 Å². The number of carbonyl (C=O) groups is 1. The van der Waals surface area contributed by atoms with Crippen molar-refractivity contribution in [3.05, 3.63) is 208 Å². The van der Waals surface area contributed by atoms with Gasteiger partial charge in [0.15, 0.2) is 40.7 Å². The molecule has 7 aliphatic rings. The fourth-order valence-electron chi connectivity index (χ4n) is 18.3. The zero-order valence-electron chi connectivity index (χ0n) is 77.8. The van der Waals surface area contributed by atoms with Crippen molar-refractivity contribution in [3.63, 3.8) is 0 Å². The summed E-state index contributed by atoms with van der Waals surface area (Å²) in [4.78, 5) is 53.2. The number of halogens is 13. The lowest BCUT2D eigenvalue weighted by Crippen LogP contribution is -2.49. The highest BCUT2D eigenvalue weighted by molar-refractivity contribution is 6.33. The molecule has 12 aromatic rings. The standard InChI is InChI=1S/C26H33ClN8O.C25H27F6N7.C24H30ClN7.C20H20ClF4N7/c1-15-12-21(30-25-29-14-20(27)23(32-25)31-22-13-17(3)33-34-22)16(2)11-19(15)18-5-9-35(10-6-18)24(36)26(28-4)7-8-26;1-13-7-20(19(26)9-17(13)15-3-5-38(6-4-15)12-16-10-24(16,27)28)33-23-32-11-18(25(29,30)31)22(35-23)34-21-8-14(2)36-37-21;1-14-11-21(15(2)10-19(14)17-6-8-32(9-7-17)18-4-5-18)27-24-26-13-20(25)23(29-24)28-22-12-16(3)30-31-22;1-10-6-17(32-31-10)29-18-14(21)9-27-19(30-18)28-16-8-13(20(23,24)25)12(7-15(16)22)11-2-4-26-5-3-11/h11-14,18,28H,5-10H2,1-4H3,(H3,29,30,31,32,33,34);7-9,11,15-16H,3-6,10,12H2,1-2H3,(H3,32,33,34,35,36,37);10-13,17-18H,4-9H2,1-3H3,(H3,26,27,28,29,30,31);6-9,11,26H,2-5H2,1H3,(H3,27,28,29,30,31,32). The van der Waals surface area contributed by atoms with E-state index in [1.807, 2.05) is 49.8 Å². The van der Waals surface area contributed by atoms with E-state index in [1.54, 1.807) is 38.4 Å². The Bertz CT molecular complexity index is 6330. The van der Waals surface area contributed by atoms with Gasteiger partial charge in [-0.1, -0.05) is 46.9 Å². The van der Waals surface area contributed by atoms with Crippen LogP contribution in [0.2, 0.25) is 15.1 Å². The van der Waals surface area contributed by atoms with Crippen molar-refractivity contribution in [2.75, 3.05) is 108 Å². The summed E-state index contributed by atoms with van der Waals surface area (Å²) >= 11 is 18.7. The number of nitrogens with one attached hydrogen (secondary N) is 14. The van der Waals surface area contributed by atoms with Crippen LogP contribution in [0.3, 0.4) is 0 Å². The first-order chi connectivity index (χ1) is 65.8. The molecule has 0 spiro atoms. The van der Waals surface area contributed by atoms with Crippen molar-refractivity contribution in [2.24, 2.45) is 5.92 Å². The molecule has 1 unspecified atom stereocenters. The van der Waals surface area contributed by atoms with Crippen molar-refractivity contribution >= 4 is 134 Å². The molecule has 4 aliphatic heterocycles. The van der Waals surface area contributed by atoms with E-state index in [4.69, 9.17) is 34.8 Å². The van der Waals surface area contributed by atoms with Gasteiger partial charge >= 0.3 is 12.4 Å². The molecule has 3 aliphatic carbocycles. The predicted molar refractivity (Wildman–Crippen MR) is 515 cm³/mol. The van der Waals surface area contributed by atoms with Gasteiger partial charge in [0.25, 0.3) is 5.92 Å². The van der Waals surface area contributed by atoms with E-state index >= 15 is 4.39 Å². The number of hydrogen-bond donors (Lipinski definition) is 14. The number of aromatic nitrogens is 16. The Balaban J connectivity index is 0.000000133. The van der Waals surface area contributed by atoms with E-state index < -0.39 is 52.8 Å². The maximum atomic E-state index is 15.1. The molecule has 138 heavy (non-hydrogen) atoms. The first-order valence-corrected chi connectivity index (χ1v) is 47.2. The van der Waals surface area contributed by atoms with Crippen molar-refractivity contribution < 1.29 is 48.7 Å². The Hall–Kier alpha value is -12.1. The first kappa shape index (κ1) is 98.9. The van der Waals surface area contributed by atoms with Crippen LogP contribution in [-0.4, -0.2) is 185 Å². The van der Waals surface area contributed by atoms with Crippen LogP contribution in [0.4, 0.5) is 137 Å². The topological polar surface area (TPSA) is 365 Å². The number of H-pyrrole nitrogens is 4. The fraction of sp³-hybridized carbons (Fsp3) is 0.442. The molecule has 43 heteroatoms. The summed E-state index contributed by atoms with van der Waals surface area (Å²) in [7, 11) is 1.89.